The summed E-state index contributed by atoms with van der Waals surface area (Å²) in [6, 6.07) is 17.9. The van der Waals surface area contributed by atoms with Gasteiger partial charge in [-0.15, -0.1) is 0 Å². The van der Waals surface area contributed by atoms with Crippen LogP contribution in [0.25, 0.3) is 0 Å². The molecule has 0 spiro atoms. The molecule has 0 amide bonds. The lowest BCUT2D eigenvalue weighted by Gasteiger charge is -2.24. The van der Waals surface area contributed by atoms with Crippen LogP contribution in [0.2, 0.25) is 0 Å². The molecule has 0 aromatic heterocycles. The van der Waals surface area contributed by atoms with E-state index in [2.05, 4.69) is 17.4 Å². The second-order valence-corrected chi connectivity index (χ2v) is 4.55. The van der Waals surface area contributed by atoms with E-state index >= 15 is 0 Å². The molecule has 0 saturated carbocycles. The molecule has 3 nitrogen and oxygen atoms in total. The maximum absolute atomic E-state index is 5.76. The average molecular weight is 255 g/mol. The normalized spacial score (nSPS) is 19.1. The fourth-order valence-corrected chi connectivity index (χ4v) is 2.15. The highest BCUT2D eigenvalue weighted by atomic mass is 16.5. The molecule has 3 heteroatoms. The second kappa shape index (κ2) is 5.87. The van der Waals surface area contributed by atoms with Crippen molar-refractivity contribution in [3.8, 4) is 11.5 Å². The van der Waals surface area contributed by atoms with E-state index in [9.17, 15) is 0 Å². The summed E-state index contributed by atoms with van der Waals surface area (Å²) in [4.78, 5) is 0. The van der Waals surface area contributed by atoms with Gasteiger partial charge in [-0.3, -0.25) is 0 Å². The van der Waals surface area contributed by atoms with Crippen LogP contribution in [-0.4, -0.2) is 19.7 Å². The van der Waals surface area contributed by atoms with Gasteiger partial charge in [0.05, 0.1) is 12.7 Å². The van der Waals surface area contributed by atoms with E-state index < -0.39 is 0 Å². The zero-order chi connectivity index (χ0) is 12.9. The molecule has 1 atom stereocenters. The number of morpholine rings is 1. The molecular weight excluding hydrogens is 238 g/mol. The third kappa shape index (κ3) is 3.13. The SMILES string of the molecule is c1ccc(Oc2ccc(C3CNCCO3)cc2)cc1. The molecule has 0 bridgehead atoms. The van der Waals surface area contributed by atoms with Crippen molar-refractivity contribution in [1.82, 2.24) is 5.32 Å². The van der Waals surface area contributed by atoms with E-state index in [0.29, 0.717) is 0 Å². The van der Waals surface area contributed by atoms with Crippen LogP contribution in [0.1, 0.15) is 11.7 Å². The third-order valence-corrected chi connectivity index (χ3v) is 3.16. The number of benzene rings is 2. The Morgan fingerprint density at radius 2 is 1.68 bits per heavy atom. The highest BCUT2D eigenvalue weighted by Crippen LogP contribution is 2.24. The Bertz CT molecular complexity index is 504. The first-order valence-corrected chi connectivity index (χ1v) is 6.57. The molecule has 1 aliphatic rings. The highest BCUT2D eigenvalue weighted by molar-refractivity contribution is 5.33. The van der Waals surface area contributed by atoms with Crippen molar-refractivity contribution in [2.24, 2.45) is 0 Å². The Labute approximate surface area is 113 Å². The highest BCUT2D eigenvalue weighted by Gasteiger charge is 2.15. The summed E-state index contributed by atoms with van der Waals surface area (Å²) in [5.41, 5.74) is 1.19. The Balaban J connectivity index is 1.68. The molecule has 19 heavy (non-hydrogen) atoms. The van der Waals surface area contributed by atoms with E-state index in [1.165, 1.54) is 5.56 Å². The Morgan fingerprint density at radius 3 is 2.37 bits per heavy atom. The monoisotopic (exact) mass is 255 g/mol. The van der Waals surface area contributed by atoms with Crippen LogP contribution < -0.4 is 10.1 Å². The first kappa shape index (κ1) is 12.2. The first-order chi connectivity index (χ1) is 9.42. The van der Waals surface area contributed by atoms with Gasteiger partial charge in [-0.2, -0.15) is 0 Å². The number of hydrogen-bond acceptors (Lipinski definition) is 3. The molecule has 2 aromatic rings. The molecule has 1 N–H and O–H groups in total. The van der Waals surface area contributed by atoms with Crippen molar-refractivity contribution in [2.45, 2.75) is 6.10 Å². The lowest BCUT2D eigenvalue weighted by atomic mass is 10.1. The average Bonchev–Trinajstić information content (AvgIpc) is 2.50. The summed E-state index contributed by atoms with van der Waals surface area (Å²) >= 11 is 0. The molecular formula is C16H17NO2. The predicted octanol–water partition coefficient (Wildman–Crippen LogP) is 3.14. The van der Waals surface area contributed by atoms with Crippen LogP contribution in [0.15, 0.2) is 54.6 Å². The predicted molar refractivity (Wildman–Crippen MR) is 74.5 cm³/mol. The van der Waals surface area contributed by atoms with Gasteiger partial charge in [0.2, 0.25) is 0 Å². The number of hydrogen-bond donors (Lipinski definition) is 1. The lowest BCUT2D eigenvalue weighted by Crippen LogP contribution is -2.33. The van der Waals surface area contributed by atoms with Gasteiger partial charge in [-0.1, -0.05) is 30.3 Å². The van der Waals surface area contributed by atoms with E-state index in [1.807, 2.05) is 42.5 Å². The van der Waals surface area contributed by atoms with Crippen LogP contribution in [0.5, 0.6) is 11.5 Å². The minimum absolute atomic E-state index is 0.152. The van der Waals surface area contributed by atoms with Gasteiger partial charge in [0.25, 0.3) is 0 Å². The standard InChI is InChI=1S/C16H17NO2/c1-2-4-14(5-3-1)19-15-8-6-13(7-9-15)16-12-17-10-11-18-16/h1-9,16-17H,10-12H2. The van der Waals surface area contributed by atoms with Crippen molar-refractivity contribution in [3.63, 3.8) is 0 Å². The summed E-state index contributed by atoms with van der Waals surface area (Å²) < 4.78 is 11.5. The molecule has 98 valence electrons. The Morgan fingerprint density at radius 1 is 0.947 bits per heavy atom. The van der Waals surface area contributed by atoms with Gasteiger partial charge in [-0.25, -0.2) is 0 Å². The molecule has 1 unspecified atom stereocenters. The largest absolute Gasteiger partial charge is 0.457 e. The molecule has 1 aliphatic heterocycles. The van der Waals surface area contributed by atoms with E-state index in [1.54, 1.807) is 0 Å². The molecule has 1 saturated heterocycles. The Hall–Kier alpha value is -1.84. The minimum atomic E-state index is 0.152. The van der Waals surface area contributed by atoms with Crippen molar-refractivity contribution < 1.29 is 9.47 Å². The summed E-state index contributed by atoms with van der Waals surface area (Å²) in [5.74, 6) is 1.70. The molecule has 1 heterocycles. The van der Waals surface area contributed by atoms with Gasteiger partial charge in [0.1, 0.15) is 11.5 Å². The summed E-state index contributed by atoms with van der Waals surface area (Å²) in [6.07, 6.45) is 0.152. The van der Waals surface area contributed by atoms with Gasteiger partial charge >= 0.3 is 0 Å². The van der Waals surface area contributed by atoms with Crippen LogP contribution in [0, 0.1) is 0 Å². The van der Waals surface area contributed by atoms with Crippen molar-refractivity contribution in [3.05, 3.63) is 60.2 Å². The summed E-state index contributed by atoms with van der Waals surface area (Å²) in [6.45, 7) is 2.58. The maximum atomic E-state index is 5.76. The fraction of sp³-hybridized carbons (Fsp3) is 0.250. The smallest absolute Gasteiger partial charge is 0.127 e. The zero-order valence-electron chi connectivity index (χ0n) is 10.7. The summed E-state index contributed by atoms with van der Waals surface area (Å²) in [5, 5.41) is 3.33. The van der Waals surface area contributed by atoms with E-state index in [0.717, 1.165) is 31.2 Å². The van der Waals surface area contributed by atoms with E-state index in [4.69, 9.17) is 9.47 Å². The van der Waals surface area contributed by atoms with Gasteiger partial charge < -0.3 is 14.8 Å². The van der Waals surface area contributed by atoms with Crippen molar-refractivity contribution in [1.29, 1.82) is 0 Å². The minimum Gasteiger partial charge on any atom is -0.457 e. The van der Waals surface area contributed by atoms with Crippen LogP contribution in [0.3, 0.4) is 0 Å². The molecule has 1 fully saturated rings. The third-order valence-electron chi connectivity index (χ3n) is 3.16. The van der Waals surface area contributed by atoms with Crippen LogP contribution >= 0.6 is 0 Å². The van der Waals surface area contributed by atoms with Gasteiger partial charge in [0.15, 0.2) is 0 Å². The first-order valence-electron chi connectivity index (χ1n) is 6.57. The number of ether oxygens (including phenoxy) is 2. The molecule has 0 aliphatic carbocycles. The van der Waals surface area contributed by atoms with Gasteiger partial charge in [0, 0.05) is 13.1 Å². The number of para-hydroxylation sites is 1. The number of rotatable bonds is 3. The topological polar surface area (TPSA) is 30.5 Å². The molecule has 3 rings (SSSR count). The van der Waals surface area contributed by atoms with E-state index in [-0.39, 0.29) is 6.10 Å². The lowest BCUT2D eigenvalue weighted by molar-refractivity contribution is 0.0277. The second-order valence-electron chi connectivity index (χ2n) is 4.55. The molecule has 2 aromatic carbocycles. The quantitative estimate of drug-likeness (QED) is 0.914. The van der Waals surface area contributed by atoms with Crippen LogP contribution in [0.4, 0.5) is 0 Å². The zero-order valence-corrected chi connectivity index (χ0v) is 10.7. The fourth-order valence-electron chi connectivity index (χ4n) is 2.15. The van der Waals surface area contributed by atoms with Crippen molar-refractivity contribution in [2.75, 3.05) is 19.7 Å². The van der Waals surface area contributed by atoms with Crippen LogP contribution in [-0.2, 0) is 4.74 Å². The summed E-state index contributed by atoms with van der Waals surface area (Å²) in [7, 11) is 0. The number of nitrogens with one attached hydrogen (secondary N) is 1. The maximum Gasteiger partial charge on any atom is 0.127 e. The van der Waals surface area contributed by atoms with Gasteiger partial charge in [-0.05, 0) is 29.8 Å². The van der Waals surface area contributed by atoms with Crippen molar-refractivity contribution >= 4 is 0 Å². The molecule has 0 radical (unpaired) electrons. The Kier molecular flexibility index (Phi) is 3.77.